The first-order chi connectivity index (χ1) is 4.66. The smallest absolute Gasteiger partial charge is 0.115 e. The first-order valence-corrected chi connectivity index (χ1v) is 4.88. The van der Waals surface area contributed by atoms with Gasteiger partial charge in [-0.3, -0.25) is 0 Å². The summed E-state index contributed by atoms with van der Waals surface area (Å²) in [7, 11) is 0. The van der Waals surface area contributed by atoms with E-state index in [1.807, 2.05) is 0 Å². The molecule has 0 amide bonds. The van der Waals surface area contributed by atoms with Crippen molar-refractivity contribution in [3.63, 3.8) is 0 Å². The highest BCUT2D eigenvalue weighted by molar-refractivity contribution is 9.09. The Morgan fingerprint density at radius 3 is 2.10 bits per heavy atom. The second-order valence-corrected chi connectivity index (χ2v) is 4.05. The minimum atomic E-state index is 0.285. The van der Waals surface area contributed by atoms with Crippen molar-refractivity contribution in [3.05, 3.63) is 0 Å². The maximum Gasteiger partial charge on any atom is 0.115 e. The van der Waals surface area contributed by atoms with Crippen LogP contribution in [0.5, 0.6) is 0 Å². The molecule has 4 unspecified atom stereocenters. The Balaban J connectivity index is 2.53. The van der Waals surface area contributed by atoms with Crippen LogP contribution in [0, 0.1) is 11.8 Å². The summed E-state index contributed by atoms with van der Waals surface area (Å²) in [5.41, 5.74) is 0. The lowest BCUT2D eigenvalue weighted by atomic mass is 9.93. The summed E-state index contributed by atoms with van der Waals surface area (Å²) < 4.78 is 5.65. The van der Waals surface area contributed by atoms with Gasteiger partial charge >= 0.3 is 0 Å². The molecule has 0 aromatic carbocycles. The Labute approximate surface area is 71.3 Å². The number of hydrogen-bond donors (Lipinski definition) is 0. The van der Waals surface area contributed by atoms with Crippen molar-refractivity contribution in [3.8, 4) is 0 Å². The normalized spacial score (nSPS) is 48.0. The molecule has 0 radical (unpaired) electrons. The predicted octanol–water partition coefficient (Wildman–Crippen LogP) is 2.79. The van der Waals surface area contributed by atoms with Gasteiger partial charge < -0.3 is 4.74 Å². The topological polar surface area (TPSA) is 9.23 Å². The standard InChI is InChI=1S/C8H15BrO/c1-4-7-5(2)6(3)8(9)10-7/h5-8H,4H2,1-3H3. The average molecular weight is 207 g/mol. The van der Waals surface area contributed by atoms with Crippen LogP contribution in [0.1, 0.15) is 27.2 Å². The van der Waals surface area contributed by atoms with Gasteiger partial charge in [0.15, 0.2) is 0 Å². The Morgan fingerprint density at radius 2 is 1.90 bits per heavy atom. The van der Waals surface area contributed by atoms with E-state index in [-0.39, 0.29) is 5.01 Å². The van der Waals surface area contributed by atoms with Crippen molar-refractivity contribution in [2.24, 2.45) is 11.8 Å². The molecule has 1 rings (SSSR count). The van der Waals surface area contributed by atoms with Crippen molar-refractivity contribution in [2.45, 2.75) is 38.3 Å². The van der Waals surface area contributed by atoms with E-state index >= 15 is 0 Å². The van der Waals surface area contributed by atoms with Gasteiger partial charge in [-0.05, 0) is 18.3 Å². The zero-order valence-electron chi connectivity index (χ0n) is 6.80. The summed E-state index contributed by atoms with van der Waals surface area (Å²) in [6.07, 6.45) is 1.60. The number of rotatable bonds is 1. The monoisotopic (exact) mass is 206 g/mol. The molecule has 2 heteroatoms. The Morgan fingerprint density at radius 1 is 1.30 bits per heavy atom. The third kappa shape index (κ3) is 1.37. The molecule has 60 valence electrons. The predicted molar refractivity (Wildman–Crippen MR) is 46.2 cm³/mol. The van der Waals surface area contributed by atoms with Crippen molar-refractivity contribution in [2.75, 3.05) is 0 Å². The molecule has 10 heavy (non-hydrogen) atoms. The van der Waals surface area contributed by atoms with E-state index < -0.39 is 0 Å². The fourth-order valence-electron chi connectivity index (χ4n) is 1.46. The highest BCUT2D eigenvalue weighted by Gasteiger charge is 2.35. The van der Waals surface area contributed by atoms with Crippen LogP contribution in [0.25, 0.3) is 0 Å². The molecule has 1 fully saturated rings. The van der Waals surface area contributed by atoms with Crippen molar-refractivity contribution < 1.29 is 4.74 Å². The van der Waals surface area contributed by atoms with Crippen LogP contribution in [-0.2, 0) is 4.74 Å². The maximum absolute atomic E-state index is 5.65. The van der Waals surface area contributed by atoms with E-state index in [2.05, 4.69) is 36.7 Å². The molecule has 0 N–H and O–H groups in total. The quantitative estimate of drug-likeness (QED) is 0.600. The largest absolute Gasteiger partial charge is 0.363 e. The molecule has 1 aliphatic heterocycles. The number of ether oxygens (including phenoxy) is 1. The summed E-state index contributed by atoms with van der Waals surface area (Å²) >= 11 is 3.50. The lowest BCUT2D eigenvalue weighted by Crippen LogP contribution is -2.14. The van der Waals surface area contributed by atoms with Crippen LogP contribution in [-0.4, -0.2) is 11.1 Å². The van der Waals surface area contributed by atoms with Gasteiger partial charge in [-0.2, -0.15) is 0 Å². The molecule has 1 aliphatic rings. The second-order valence-electron chi connectivity index (χ2n) is 3.15. The zero-order valence-corrected chi connectivity index (χ0v) is 8.39. The third-order valence-corrected chi connectivity index (χ3v) is 3.59. The summed E-state index contributed by atoms with van der Waals surface area (Å²) in [4.78, 5) is 0. The van der Waals surface area contributed by atoms with Crippen molar-refractivity contribution >= 4 is 15.9 Å². The maximum atomic E-state index is 5.65. The minimum Gasteiger partial charge on any atom is -0.363 e. The summed E-state index contributed by atoms with van der Waals surface area (Å²) in [6.45, 7) is 6.68. The van der Waals surface area contributed by atoms with Gasteiger partial charge in [0.2, 0.25) is 0 Å². The van der Waals surface area contributed by atoms with E-state index in [1.54, 1.807) is 0 Å². The highest BCUT2D eigenvalue weighted by Crippen LogP contribution is 2.36. The van der Waals surface area contributed by atoms with Crippen LogP contribution in [0.4, 0.5) is 0 Å². The Bertz CT molecular complexity index is 116. The van der Waals surface area contributed by atoms with Gasteiger partial charge in [-0.15, -0.1) is 0 Å². The molecule has 1 saturated heterocycles. The summed E-state index contributed by atoms with van der Waals surface area (Å²) in [6, 6.07) is 0. The Hall–Kier alpha value is 0.440. The van der Waals surface area contributed by atoms with Crippen molar-refractivity contribution in [1.82, 2.24) is 0 Å². The molecule has 0 aromatic heterocycles. The van der Waals surface area contributed by atoms with Gasteiger partial charge in [-0.25, -0.2) is 0 Å². The molecular formula is C8H15BrO. The molecule has 1 heterocycles. The zero-order chi connectivity index (χ0) is 7.72. The van der Waals surface area contributed by atoms with E-state index in [0.717, 1.165) is 6.42 Å². The number of halogens is 1. The molecule has 0 aromatic rings. The summed E-state index contributed by atoms with van der Waals surface area (Å²) in [5, 5.41) is 0.285. The average Bonchev–Trinajstić information content (AvgIpc) is 2.17. The van der Waals surface area contributed by atoms with Gasteiger partial charge in [0.1, 0.15) is 5.01 Å². The minimum absolute atomic E-state index is 0.285. The first kappa shape index (κ1) is 8.54. The SMILES string of the molecule is CCC1OC(Br)C(C)C1C. The molecule has 0 aliphatic carbocycles. The molecule has 0 saturated carbocycles. The van der Waals surface area contributed by atoms with Crippen LogP contribution < -0.4 is 0 Å². The summed E-state index contributed by atoms with van der Waals surface area (Å²) in [5.74, 6) is 1.36. The van der Waals surface area contributed by atoms with E-state index in [9.17, 15) is 0 Å². The molecule has 4 atom stereocenters. The number of hydrogen-bond acceptors (Lipinski definition) is 1. The molecule has 0 spiro atoms. The molecule has 1 nitrogen and oxygen atoms in total. The van der Waals surface area contributed by atoms with Gasteiger partial charge in [0, 0.05) is 0 Å². The van der Waals surface area contributed by atoms with E-state index in [0.29, 0.717) is 17.9 Å². The van der Waals surface area contributed by atoms with Gasteiger partial charge in [0.25, 0.3) is 0 Å². The third-order valence-electron chi connectivity index (χ3n) is 2.54. The lowest BCUT2D eigenvalue weighted by Gasteiger charge is -2.12. The Kier molecular flexibility index (Phi) is 2.75. The van der Waals surface area contributed by atoms with Gasteiger partial charge in [0.05, 0.1) is 6.10 Å². The molecule has 0 bridgehead atoms. The van der Waals surface area contributed by atoms with E-state index in [4.69, 9.17) is 4.74 Å². The van der Waals surface area contributed by atoms with Crippen molar-refractivity contribution in [1.29, 1.82) is 0 Å². The van der Waals surface area contributed by atoms with Gasteiger partial charge in [-0.1, -0.05) is 36.7 Å². The fourth-order valence-corrected chi connectivity index (χ4v) is 2.22. The lowest BCUT2D eigenvalue weighted by molar-refractivity contribution is 0.0768. The van der Waals surface area contributed by atoms with Crippen LogP contribution in [0.3, 0.4) is 0 Å². The van der Waals surface area contributed by atoms with Crippen LogP contribution in [0.15, 0.2) is 0 Å². The molecular weight excluding hydrogens is 192 g/mol. The number of alkyl halides is 1. The highest BCUT2D eigenvalue weighted by atomic mass is 79.9. The van der Waals surface area contributed by atoms with E-state index in [1.165, 1.54) is 0 Å². The van der Waals surface area contributed by atoms with Crippen LogP contribution >= 0.6 is 15.9 Å². The fraction of sp³-hybridized carbons (Fsp3) is 1.00. The first-order valence-electron chi connectivity index (χ1n) is 3.96. The second kappa shape index (κ2) is 3.22. The van der Waals surface area contributed by atoms with Crippen LogP contribution in [0.2, 0.25) is 0 Å².